The molecule has 0 aliphatic heterocycles. The van der Waals surface area contributed by atoms with Crippen molar-refractivity contribution in [2.75, 3.05) is 7.05 Å². The van der Waals surface area contributed by atoms with Crippen LogP contribution in [0.2, 0.25) is 0 Å². The largest absolute Gasteiger partial charge is 0.265 e. The fraction of sp³-hybridized carbons (Fsp3) is 0.208. The number of nitrogens with zero attached hydrogens (tertiary/aromatic N) is 3. The second kappa shape index (κ2) is 8.05. The van der Waals surface area contributed by atoms with Crippen LogP contribution >= 0.6 is 0 Å². The number of benzene rings is 3. The highest BCUT2D eigenvalue weighted by Gasteiger charge is 2.25. The molecule has 1 heterocycles. The summed E-state index contributed by atoms with van der Waals surface area (Å²) in [5.74, 6) is 0. The van der Waals surface area contributed by atoms with Crippen LogP contribution in [-0.4, -0.2) is 29.6 Å². The molecule has 3 aromatic carbocycles. The Morgan fingerprint density at radius 1 is 0.900 bits per heavy atom. The maximum absolute atomic E-state index is 13.4. The summed E-state index contributed by atoms with van der Waals surface area (Å²) < 4.78 is 30.1. The molecule has 6 heteroatoms. The summed E-state index contributed by atoms with van der Waals surface area (Å²) in [4.78, 5) is 0.329. The maximum Gasteiger partial charge on any atom is 0.243 e. The summed E-state index contributed by atoms with van der Waals surface area (Å²) in [7, 11) is -2.02. The average molecular weight is 420 g/mol. The minimum atomic E-state index is -3.65. The lowest BCUT2D eigenvalue weighted by Crippen LogP contribution is -2.27. The molecule has 5 nitrogen and oxygen atoms in total. The van der Waals surface area contributed by atoms with E-state index in [-0.39, 0.29) is 6.54 Å². The molecule has 0 saturated carbocycles. The van der Waals surface area contributed by atoms with Gasteiger partial charge in [0.15, 0.2) is 0 Å². The Labute approximate surface area is 177 Å². The van der Waals surface area contributed by atoms with E-state index in [0.29, 0.717) is 11.4 Å². The van der Waals surface area contributed by atoms with Gasteiger partial charge in [-0.3, -0.25) is 4.68 Å². The van der Waals surface area contributed by atoms with Crippen molar-refractivity contribution in [3.63, 3.8) is 0 Å². The summed E-state index contributed by atoms with van der Waals surface area (Å²) in [6.07, 6.45) is 0. The van der Waals surface area contributed by atoms with E-state index in [2.05, 4.69) is 17.2 Å². The van der Waals surface area contributed by atoms with E-state index in [1.807, 2.05) is 67.1 Å². The van der Waals surface area contributed by atoms with E-state index in [1.165, 1.54) is 4.31 Å². The van der Waals surface area contributed by atoms with Gasteiger partial charge in [0.1, 0.15) is 0 Å². The number of rotatable bonds is 6. The highest BCUT2D eigenvalue weighted by Crippen LogP contribution is 2.27. The Balaban J connectivity index is 1.64. The molecule has 0 atom stereocenters. The Morgan fingerprint density at radius 3 is 2.33 bits per heavy atom. The van der Waals surface area contributed by atoms with E-state index in [4.69, 9.17) is 0 Å². The first kappa shape index (κ1) is 20.3. The molecular formula is C24H25N3O2S. The molecule has 154 valence electrons. The molecule has 1 aromatic heterocycles. The van der Waals surface area contributed by atoms with Crippen molar-refractivity contribution in [3.05, 3.63) is 95.3 Å². The highest BCUT2D eigenvalue weighted by atomic mass is 32.2. The van der Waals surface area contributed by atoms with Crippen LogP contribution in [0.15, 0.2) is 77.7 Å². The Hall–Kier alpha value is -2.96. The second-order valence-electron chi connectivity index (χ2n) is 7.53. The zero-order chi connectivity index (χ0) is 21.3. The van der Waals surface area contributed by atoms with Gasteiger partial charge < -0.3 is 0 Å². The van der Waals surface area contributed by atoms with Gasteiger partial charge in [-0.15, -0.1) is 0 Å². The van der Waals surface area contributed by atoms with Gasteiger partial charge in [-0.2, -0.15) is 9.40 Å². The normalized spacial score (nSPS) is 12.0. The van der Waals surface area contributed by atoms with Crippen molar-refractivity contribution in [1.82, 2.24) is 14.1 Å². The lowest BCUT2D eigenvalue weighted by molar-refractivity contribution is 0.465. The van der Waals surface area contributed by atoms with Gasteiger partial charge in [0.2, 0.25) is 10.0 Å². The quantitative estimate of drug-likeness (QED) is 0.462. The Kier molecular flexibility index (Phi) is 5.45. The number of aromatic nitrogens is 2. The van der Waals surface area contributed by atoms with Gasteiger partial charge in [0, 0.05) is 30.2 Å². The number of hydrogen-bond acceptors (Lipinski definition) is 3. The van der Waals surface area contributed by atoms with Crippen LogP contribution in [0.3, 0.4) is 0 Å². The van der Waals surface area contributed by atoms with E-state index >= 15 is 0 Å². The van der Waals surface area contributed by atoms with Gasteiger partial charge in [0.05, 0.1) is 17.1 Å². The third kappa shape index (κ3) is 3.76. The van der Waals surface area contributed by atoms with E-state index in [1.54, 1.807) is 19.2 Å². The van der Waals surface area contributed by atoms with Crippen molar-refractivity contribution in [2.24, 2.45) is 0 Å². The molecule has 0 spiro atoms. The first-order chi connectivity index (χ1) is 14.4. The van der Waals surface area contributed by atoms with Gasteiger partial charge in [-0.1, -0.05) is 66.7 Å². The molecule has 0 amide bonds. The van der Waals surface area contributed by atoms with Crippen LogP contribution in [0.5, 0.6) is 0 Å². The van der Waals surface area contributed by atoms with Gasteiger partial charge in [0.25, 0.3) is 0 Å². The smallest absolute Gasteiger partial charge is 0.243 e. The zero-order valence-electron chi connectivity index (χ0n) is 17.4. The SMILES string of the molecule is Cc1nn(Cc2ccccc2)c(C)c1CN(C)S(=O)(=O)c1cccc2ccccc12. The summed E-state index contributed by atoms with van der Waals surface area (Å²) in [6.45, 7) is 4.87. The monoisotopic (exact) mass is 419 g/mol. The fourth-order valence-electron chi connectivity index (χ4n) is 3.77. The molecule has 0 aliphatic rings. The average Bonchev–Trinajstić information content (AvgIpc) is 3.01. The van der Waals surface area contributed by atoms with E-state index < -0.39 is 10.0 Å². The lowest BCUT2D eigenvalue weighted by Gasteiger charge is -2.19. The molecule has 0 unspecified atom stereocenters. The topological polar surface area (TPSA) is 55.2 Å². The summed E-state index contributed by atoms with van der Waals surface area (Å²) in [6, 6.07) is 23.1. The molecule has 4 rings (SSSR count). The second-order valence-corrected chi connectivity index (χ2v) is 9.54. The van der Waals surface area contributed by atoms with Crippen LogP contribution in [0.1, 0.15) is 22.5 Å². The molecule has 0 bridgehead atoms. The Morgan fingerprint density at radius 2 is 1.57 bits per heavy atom. The maximum atomic E-state index is 13.4. The number of hydrogen-bond donors (Lipinski definition) is 0. The van der Waals surface area contributed by atoms with Gasteiger partial charge in [-0.25, -0.2) is 8.42 Å². The van der Waals surface area contributed by atoms with E-state index in [0.717, 1.165) is 33.3 Å². The molecular weight excluding hydrogens is 394 g/mol. The van der Waals surface area contributed by atoms with Crippen LogP contribution in [-0.2, 0) is 23.1 Å². The van der Waals surface area contributed by atoms with Crippen molar-refractivity contribution < 1.29 is 8.42 Å². The van der Waals surface area contributed by atoms with Crippen molar-refractivity contribution >= 4 is 20.8 Å². The summed E-state index contributed by atoms with van der Waals surface area (Å²) in [5, 5.41) is 6.31. The highest BCUT2D eigenvalue weighted by molar-refractivity contribution is 7.89. The Bertz CT molecular complexity index is 1290. The molecule has 0 fully saturated rings. The lowest BCUT2D eigenvalue weighted by atomic mass is 10.1. The first-order valence-corrected chi connectivity index (χ1v) is 11.3. The molecule has 30 heavy (non-hydrogen) atoms. The van der Waals surface area contributed by atoms with E-state index in [9.17, 15) is 8.42 Å². The third-order valence-electron chi connectivity index (χ3n) is 5.53. The standard InChI is InChI=1S/C24H25N3O2S/c1-18-23(19(2)27(25-18)16-20-10-5-4-6-11-20)17-26(3)30(28,29)24-15-9-13-21-12-7-8-14-22(21)24/h4-15H,16-17H2,1-3H3. The summed E-state index contributed by atoms with van der Waals surface area (Å²) >= 11 is 0. The van der Waals surface area contributed by atoms with Crippen LogP contribution in [0.25, 0.3) is 10.8 Å². The predicted octanol–water partition coefficient (Wildman–Crippen LogP) is 4.52. The molecule has 0 aliphatic carbocycles. The van der Waals surface area contributed by atoms with Crippen LogP contribution < -0.4 is 0 Å². The van der Waals surface area contributed by atoms with Crippen LogP contribution in [0.4, 0.5) is 0 Å². The summed E-state index contributed by atoms with van der Waals surface area (Å²) in [5.41, 5.74) is 3.93. The van der Waals surface area contributed by atoms with Gasteiger partial charge >= 0.3 is 0 Å². The van der Waals surface area contributed by atoms with Crippen molar-refractivity contribution in [1.29, 1.82) is 0 Å². The molecule has 0 saturated heterocycles. The third-order valence-corrected chi connectivity index (χ3v) is 7.39. The zero-order valence-corrected chi connectivity index (χ0v) is 18.2. The number of fused-ring (bicyclic) bond motifs is 1. The number of aryl methyl sites for hydroxylation is 1. The minimum absolute atomic E-state index is 0.276. The molecule has 0 radical (unpaired) electrons. The van der Waals surface area contributed by atoms with Crippen molar-refractivity contribution in [3.8, 4) is 0 Å². The van der Waals surface area contributed by atoms with Gasteiger partial charge in [-0.05, 0) is 30.9 Å². The predicted molar refractivity (Wildman–Crippen MR) is 120 cm³/mol. The minimum Gasteiger partial charge on any atom is -0.265 e. The molecule has 0 N–H and O–H groups in total. The van der Waals surface area contributed by atoms with Crippen LogP contribution in [0, 0.1) is 13.8 Å². The fourth-order valence-corrected chi connectivity index (χ4v) is 5.12. The molecule has 4 aromatic rings. The first-order valence-electron chi connectivity index (χ1n) is 9.89. The number of sulfonamides is 1. The van der Waals surface area contributed by atoms with Crippen molar-refractivity contribution in [2.45, 2.75) is 31.8 Å².